The molecule has 0 amide bonds. The van der Waals surface area contributed by atoms with E-state index in [2.05, 4.69) is 20.9 Å². The maximum absolute atomic E-state index is 13.5. The van der Waals surface area contributed by atoms with Crippen LogP contribution in [0.25, 0.3) is 11.1 Å². The quantitative estimate of drug-likeness (QED) is 0.509. The number of piperazine rings is 1. The van der Waals surface area contributed by atoms with E-state index in [-0.39, 0.29) is 11.2 Å². The van der Waals surface area contributed by atoms with E-state index in [0.717, 1.165) is 81.9 Å². The molecule has 0 aliphatic carbocycles. The third-order valence-corrected chi connectivity index (χ3v) is 7.09. The second-order valence-electron chi connectivity index (χ2n) is 9.26. The van der Waals surface area contributed by atoms with Gasteiger partial charge in [-0.1, -0.05) is 36.4 Å². The highest BCUT2D eigenvalue weighted by atomic mass is 16.2. The van der Waals surface area contributed by atoms with Gasteiger partial charge in [0.2, 0.25) is 0 Å². The molecule has 1 aromatic carbocycles. The molecule has 7 nitrogen and oxygen atoms in total. The first-order chi connectivity index (χ1) is 16.7. The van der Waals surface area contributed by atoms with Crippen LogP contribution in [-0.2, 0) is 19.5 Å². The second kappa shape index (κ2) is 10.4. The van der Waals surface area contributed by atoms with Gasteiger partial charge in [0.25, 0.3) is 5.56 Å². The maximum Gasteiger partial charge on any atom is 0.331 e. The molecule has 34 heavy (non-hydrogen) atoms. The first kappa shape index (κ1) is 22.6. The molecule has 2 aliphatic heterocycles. The van der Waals surface area contributed by atoms with Crippen molar-refractivity contribution in [3.8, 4) is 11.1 Å². The number of rotatable bonds is 7. The minimum atomic E-state index is -0.136. The molecule has 2 aromatic heterocycles. The van der Waals surface area contributed by atoms with Crippen LogP contribution in [0.15, 0.2) is 64.3 Å². The minimum absolute atomic E-state index is 0.131. The SMILES string of the molecule is O=c1c(-c2ccccc2)c2n(c(=O)n1CCCCN1CCN(c3ccccn3)CC1)CCCC2. The van der Waals surface area contributed by atoms with E-state index < -0.39 is 0 Å². The van der Waals surface area contributed by atoms with Crippen molar-refractivity contribution >= 4 is 5.82 Å². The molecule has 0 radical (unpaired) electrons. The topological polar surface area (TPSA) is 63.4 Å². The Hall–Kier alpha value is -3.19. The van der Waals surface area contributed by atoms with Gasteiger partial charge >= 0.3 is 5.69 Å². The highest BCUT2D eigenvalue weighted by Gasteiger charge is 2.22. The van der Waals surface area contributed by atoms with Crippen LogP contribution in [0.3, 0.4) is 0 Å². The molecule has 0 spiro atoms. The Kier molecular flexibility index (Phi) is 6.90. The Balaban J connectivity index is 1.23. The molecule has 5 rings (SSSR count). The van der Waals surface area contributed by atoms with Gasteiger partial charge < -0.3 is 4.90 Å². The average Bonchev–Trinajstić information content (AvgIpc) is 2.90. The number of hydrogen-bond donors (Lipinski definition) is 0. The molecule has 7 heteroatoms. The molecule has 0 saturated carbocycles. The molecular formula is C27H33N5O2. The van der Waals surface area contributed by atoms with Crippen LogP contribution < -0.4 is 16.1 Å². The highest BCUT2D eigenvalue weighted by molar-refractivity contribution is 5.65. The van der Waals surface area contributed by atoms with Gasteiger partial charge in [0, 0.05) is 51.2 Å². The first-order valence-corrected chi connectivity index (χ1v) is 12.5. The van der Waals surface area contributed by atoms with Gasteiger partial charge in [0.1, 0.15) is 5.82 Å². The van der Waals surface area contributed by atoms with Gasteiger partial charge in [0.15, 0.2) is 0 Å². The van der Waals surface area contributed by atoms with Crippen molar-refractivity contribution in [1.82, 2.24) is 19.0 Å². The van der Waals surface area contributed by atoms with Gasteiger partial charge in [-0.15, -0.1) is 0 Å². The van der Waals surface area contributed by atoms with E-state index in [9.17, 15) is 9.59 Å². The molecule has 2 aliphatic rings. The average molecular weight is 460 g/mol. The number of unbranched alkanes of at least 4 members (excludes halogenated alkanes) is 1. The van der Waals surface area contributed by atoms with Gasteiger partial charge in [-0.3, -0.25) is 18.8 Å². The summed E-state index contributed by atoms with van der Waals surface area (Å²) >= 11 is 0. The number of nitrogens with zero attached hydrogens (tertiary/aromatic N) is 5. The lowest BCUT2D eigenvalue weighted by Crippen LogP contribution is -2.47. The summed E-state index contributed by atoms with van der Waals surface area (Å²) in [4.78, 5) is 35.9. The summed E-state index contributed by atoms with van der Waals surface area (Å²) in [6, 6.07) is 15.9. The fourth-order valence-electron chi connectivity index (χ4n) is 5.23. The molecule has 1 saturated heterocycles. The Morgan fingerprint density at radius 3 is 2.32 bits per heavy atom. The zero-order chi connectivity index (χ0) is 23.3. The van der Waals surface area contributed by atoms with Gasteiger partial charge in [-0.25, -0.2) is 9.78 Å². The van der Waals surface area contributed by atoms with E-state index in [4.69, 9.17) is 0 Å². The van der Waals surface area contributed by atoms with Crippen molar-refractivity contribution in [2.75, 3.05) is 37.6 Å². The van der Waals surface area contributed by atoms with E-state index in [1.807, 2.05) is 53.2 Å². The van der Waals surface area contributed by atoms with Crippen molar-refractivity contribution in [1.29, 1.82) is 0 Å². The first-order valence-electron chi connectivity index (χ1n) is 12.5. The van der Waals surface area contributed by atoms with Crippen molar-refractivity contribution in [2.45, 2.75) is 45.2 Å². The molecule has 0 unspecified atom stereocenters. The van der Waals surface area contributed by atoms with Crippen LogP contribution in [-0.4, -0.2) is 51.7 Å². The smallest absolute Gasteiger partial charge is 0.331 e. The number of hydrogen-bond acceptors (Lipinski definition) is 5. The fraction of sp³-hybridized carbons (Fsp3) is 0.444. The van der Waals surface area contributed by atoms with Crippen LogP contribution in [0.2, 0.25) is 0 Å². The Morgan fingerprint density at radius 1 is 0.794 bits per heavy atom. The van der Waals surface area contributed by atoms with Crippen LogP contribution in [0, 0.1) is 0 Å². The summed E-state index contributed by atoms with van der Waals surface area (Å²) in [7, 11) is 0. The predicted molar refractivity (Wildman–Crippen MR) is 135 cm³/mol. The Bertz CT molecular complexity index is 1210. The summed E-state index contributed by atoms with van der Waals surface area (Å²) in [6.45, 7) is 6.14. The molecule has 3 aromatic rings. The molecule has 4 heterocycles. The number of anilines is 1. The van der Waals surface area contributed by atoms with E-state index in [1.165, 1.54) is 4.57 Å². The molecule has 178 valence electrons. The highest BCUT2D eigenvalue weighted by Crippen LogP contribution is 2.23. The third kappa shape index (κ3) is 4.71. The van der Waals surface area contributed by atoms with Crippen LogP contribution in [0.5, 0.6) is 0 Å². The second-order valence-corrected chi connectivity index (χ2v) is 9.26. The summed E-state index contributed by atoms with van der Waals surface area (Å²) in [6.07, 6.45) is 6.44. The van der Waals surface area contributed by atoms with Crippen molar-refractivity contribution in [3.63, 3.8) is 0 Å². The lowest BCUT2D eigenvalue weighted by atomic mass is 9.99. The largest absolute Gasteiger partial charge is 0.354 e. The number of pyridine rings is 1. The normalized spacial score (nSPS) is 16.4. The lowest BCUT2D eigenvalue weighted by Gasteiger charge is -2.35. The fourth-order valence-corrected chi connectivity index (χ4v) is 5.23. The summed E-state index contributed by atoms with van der Waals surface area (Å²) < 4.78 is 3.33. The number of aromatic nitrogens is 3. The lowest BCUT2D eigenvalue weighted by molar-refractivity contribution is 0.250. The van der Waals surface area contributed by atoms with E-state index >= 15 is 0 Å². The number of benzene rings is 1. The minimum Gasteiger partial charge on any atom is -0.354 e. The van der Waals surface area contributed by atoms with Crippen molar-refractivity contribution in [2.24, 2.45) is 0 Å². The third-order valence-electron chi connectivity index (χ3n) is 7.09. The van der Waals surface area contributed by atoms with E-state index in [0.29, 0.717) is 18.7 Å². The maximum atomic E-state index is 13.5. The van der Waals surface area contributed by atoms with E-state index in [1.54, 1.807) is 0 Å². The van der Waals surface area contributed by atoms with Crippen LogP contribution in [0.1, 0.15) is 31.4 Å². The summed E-state index contributed by atoms with van der Waals surface area (Å²) in [5, 5.41) is 0. The summed E-state index contributed by atoms with van der Waals surface area (Å²) in [5.74, 6) is 1.05. The molecule has 0 atom stereocenters. The standard InChI is InChI=1S/C27H33N5O2/c33-26-25(22-10-2-1-3-11-22)23-12-5-7-16-31(23)27(34)32(26)17-9-8-15-29-18-20-30(21-19-29)24-13-4-6-14-28-24/h1-4,6,10-11,13-14H,5,7-9,12,15-21H2. The van der Waals surface area contributed by atoms with Crippen molar-refractivity contribution < 1.29 is 0 Å². The predicted octanol–water partition coefficient (Wildman–Crippen LogP) is 3.01. The van der Waals surface area contributed by atoms with Crippen LogP contribution >= 0.6 is 0 Å². The van der Waals surface area contributed by atoms with Gasteiger partial charge in [-0.05, 0) is 56.3 Å². The summed E-state index contributed by atoms with van der Waals surface area (Å²) in [5.41, 5.74) is 2.27. The Morgan fingerprint density at radius 2 is 1.56 bits per heavy atom. The molecular weight excluding hydrogens is 426 g/mol. The molecule has 0 bridgehead atoms. The molecule has 0 N–H and O–H groups in total. The van der Waals surface area contributed by atoms with Gasteiger partial charge in [0.05, 0.1) is 5.56 Å². The van der Waals surface area contributed by atoms with Gasteiger partial charge in [-0.2, -0.15) is 0 Å². The van der Waals surface area contributed by atoms with Crippen molar-refractivity contribution in [3.05, 3.63) is 81.3 Å². The zero-order valence-electron chi connectivity index (χ0n) is 19.7. The molecule has 1 fully saturated rings. The van der Waals surface area contributed by atoms with Crippen LogP contribution in [0.4, 0.5) is 5.82 Å². The monoisotopic (exact) mass is 459 g/mol. The zero-order valence-corrected chi connectivity index (χ0v) is 19.7. The number of fused-ring (bicyclic) bond motifs is 1. The Labute approximate surface area is 200 Å².